The summed E-state index contributed by atoms with van der Waals surface area (Å²) >= 11 is 0. The number of pyridine rings is 1. The number of likely N-dealkylation sites (tertiary alicyclic amines) is 1. The molecule has 0 aromatic carbocycles. The van der Waals surface area contributed by atoms with Crippen LogP contribution in [0.1, 0.15) is 24.4 Å². The molecule has 3 rings (SSSR count). The lowest BCUT2D eigenvalue weighted by atomic mass is 10.0. The fourth-order valence-corrected chi connectivity index (χ4v) is 3.90. The van der Waals surface area contributed by atoms with Crippen molar-refractivity contribution < 1.29 is 14.6 Å². The molecule has 0 saturated carbocycles. The highest BCUT2D eigenvalue weighted by Crippen LogP contribution is 2.25. The van der Waals surface area contributed by atoms with Crippen molar-refractivity contribution in [2.24, 2.45) is 0 Å². The van der Waals surface area contributed by atoms with Gasteiger partial charge in [0.25, 0.3) is 0 Å². The number of aromatic nitrogens is 1. The number of piperidine rings is 1. The zero-order valence-electron chi connectivity index (χ0n) is 15.1. The van der Waals surface area contributed by atoms with E-state index < -0.39 is 12.0 Å². The molecule has 2 saturated heterocycles. The predicted octanol–water partition coefficient (Wildman–Crippen LogP) is 0.928. The molecule has 2 aliphatic rings. The van der Waals surface area contributed by atoms with Crippen molar-refractivity contribution in [3.63, 3.8) is 0 Å². The van der Waals surface area contributed by atoms with Crippen molar-refractivity contribution in [1.82, 2.24) is 19.7 Å². The highest BCUT2D eigenvalue weighted by atomic mass is 16.5. The molecular weight excluding hydrogens is 320 g/mol. The fraction of sp³-hybridized carbons (Fsp3) is 0.667. The lowest BCUT2D eigenvalue weighted by molar-refractivity contribution is -0.144. The second-order valence-electron chi connectivity index (χ2n) is 6.98. The summed E-state index contributed by atoms with van der Waals surface area (Å²) in [5.41, 5.74) is 0.709. The number of hydrogen-bond acceptors (Lipinski definition) is 6. The molecule has 138 valence electrons. The monoisotopic (exact) mass is 348 g/mol. The average Bonchev–Trinajstić information content (AvgIpc) is 2.63. The highest BCUT2D eigenvalue weighted by molar-refractivity contribution is 5.75. The first-order valence-corrected chi connectivity index (χ1v) is 8.98. The van der Waals surface area contributed by atoms with E-state index in [4.69, 9.17) is 4.74 Å². The zero-order chi connectivity index (χ0) is 17.8. The topological polar surface area (TPSA) is 69.1 Å². The average molecular weight is 348 g/mol. The Bertz CT molecular complexity index is 564. The van der Waals surface area contributed by atoms with Gasteiger partial charge in [-0.05, 0) is 44.6 Å². The molecule has 3 heterocycles. The predicted molar refractivity (Wildman–Crippen MR) is 94.8 cm³/mol. The Morgan fingerprint density at radius 1 is 1.20 bits per heavy atom. The van der Waals surface area contributed by atoms with Crippen molar-refractivity contribution in [1.29, 1.82) is 0 Å². The van der Waals surface area contributed by atoms with Crippen LogP contribution in [0.2, 0.25) is 0 Å². The van der Waals surface area contributed by atoms with E-state index in [1.165, 1.54) is 12.8 Å². The number of carbonyl (C=O) groups is 1. The van der Waals surface area contributed by atoms with Crippen LogP contribution in [0.4, 0.5) is 0 Å². The van der Waals surface area contributed by atoms with E-state index >= 15 is 0 Å². The van der Waals surface area contributed by atoms with E-state index in [0.29, 0.717) is 17.5 Å². The summed E-state index contributed by atoms with van der Waals surface area (Å²) in [7, 11) is 3.73. The molecule has 1 N–H and O–H groups in total. The largest absolute Gasteiger partial charge is 0.481 e. The number of carboxylic acid groups (broad SMARTS) is 1. The summed E-state index contributed by atoms with van der Waals surface area (Å²) < 4.78 is 5.06. The van der Waals surface area contributed by atoms with Gasteiger partial charge in [-0.15, -0.1) is 0 Å². The maximum atomic E-state index is 11.9. The second kappa shape index (κ2) is 8.12. The molecule has 2 fully saturated rings. The summed E-state index contributed by atoms with van der Waals surface area (Å²) in [6.07, 6.45) is 4.03. The quantitative estimate of drug-likeness (QED) is 0.849. The van der Waals surface area contributed by atoms with E-state index in [0.717, 1.165) is 39.3 Å². The van der Waals surface area contributed by atoms with Gasteiger partial charge in [-0.25, -0.2) is 4.98 Å². The van der Waals surface area contributed by atoms with Gasteiger partial charge in [0.05, 0.1) is 7.11 Å². The van der Waals surface area contributed by atoms with Gasteiger partial charge in [0.1, 0.15) is 6.04 Å². The fourth-order valence-electron chi connectivity index (χ4n) is 3.90. The van der Waals surface area contributed by atoms with Gasteiger partial charge in [-0.3, -0.25) is 14.6 Å². The molecule has 1 atom stereocenters. The summed E-state index contributed by atoms with van der Waals surface area (Å²) in [5, 5.41) is 9.73. The summed E-state index contributed by atoms with van der Waals surface area (Å²) in [6.45, 7) is 5.72. The maximum absolute atomic E-state index is 11.9. The van der Waals surface area contributed by atoms with Gasteiger partial charge in [0.2, 0.25) is 5.88 Å². The van der Waals surface area contributed by atoms with Crippen molar-refractivity contribution in [3.8, 4) is 5.88 Å². The van der Waals surface area contributed by atoms with E-state index in [1.54, 1.807) is 25.4 Å². The second-order valence-corrected chi connectivity index (χ2v) is 6.98. The first-order valence-electron chi connectivity index (χ1n) is 8.98. The summed E-state index contributed by atoms with van der Waals surface area (Å²) in [4.78, 5) is 23.0. The molecule has 0 amide bonds. The van der Waals surface area contributed by atoms with Crippen molar-refractivity contribution in [2.75, 3.05) is 53.4 Å². The summed E-state index contributed by atoms with van der Waals surface area (Å²) in [6, 6.07) is 3.52. The van der Waals surface area contributed by atoms with Crippen LogP contribution in [0.5, 0.6) is 5.88 Å². The molecular formula is C18H28N4O3. The Kier molecular flexibility index (Phi) is 5.88. The minimum Gasteiger partial charge on any atom is -0.481 e. The number of aliphatic carboxylic acids is 1. The van der Waals surface area contributed by atoms with Crippen molar-refractivity contribution >= 4 is 5.97 Å². The van der Waals surface area contributed by atoms with E-state index in [9.17, 15) is 9.90 Å². The Hall–Kier alpha value is -1.70. The molecule has 1 aromatic heterocycles. The van der Waals surface area contributed by atoms with Crippen LogP contribution >= 0.6 is 0 Å². The molecule has 0 aliphatic carbocycles. The van der Waals surface area contributed by atoms with Crippen LogP contribution in [0.15, 0.2) is 18.3 Å². The number of rotatable bonds is 5. The molecule has 1 aromatic rings. The van der Waals surface area contributed by atoms with Crippen LogP contribution < -0.4 is 4.74 Å². The SMILES string of the molecule is COc1ccc([C@@H](C(=O)O)N2CCN(C3CCN(C)CC3)CC2)cn1. The van der Waals surface area contributed by atoms with Crippen LogP contribution in [0.25, 0.3) is 0 Å². The van der Waals surface area contributed by atoms with E-state index in [-0.39, 0.29) is 0 Å². The van der Waals surface area contributed by atoms with Crippen LogP contribution in [-0.2, 0) is 4.79 Å². The third-order valence-corrected chi connectivity index (χ3v) is 5.44. The Labute approximate surface area is 149 Å². The Morgan fingerprint density at radius 3 is 2.40 bits per heavy atom. The molecule has 0 unspecified atom stereocenters. The minimum atomic E-state index is -0.820. The molecule has 25 heavy (non-hydrogen) atoms. The first-order chi connectivity index (χ1) is 12.1. The van der Waals surface area contributed by atoms with Crippen molar-refractivity contribution in [2.45, 2.75) is 24.9 Å². The lowest BCUT2D eigenvalue weighted by Gasteiger charge is -2.43. The van der Waals surface area contributed by atoms with Crippen LogP contribution in [-0.4, -0.2) is 90.2 Å². The molecule has 0 spiro atoms. The molecule has 0 bridgehead atoms. The normalized spacial score (nSPS) is 22.6. The molecule has 2 aliphatic heterocycles. The standard InChI is InChI=1S/C18H28N4O3/c1-20-7-5-15(6-8-20)21-9-11-22(12-10-21)17(18(23)24)14-3-4-16(25-2)19-13-14/h3-4,13,15,17H,5-12H2,1-2H3,(H,23,24)/t17-/m0/s1. The van der Waals surface area contributed by atoms with E-state index in [1.807, 2.05) is 0 Å². The van der Waals surface area contributed by atoms with Crippen LogP contribution in [0, 0.1) is 0 Å². The van der Waals surface area contributed by atoms with E-state index in [2.05, 4.69) is 26.7 Å². The minimum absolute atomic E-state index is 0.500. The molecule has 7 nitrogen and oxygen atoms in total. The first kappa shape index (κ1) is 18.1. The van der Waals surface area contributed by atoms with Gasteiger partial charge in [-0.2, -0.15) is 0 Å². The lowest BCUT2D eigenvalue weighted by Crippen LogP contribution is -2.54. The Balaban J connectivity index is 1.61. The van der Waals surface area contributed by atoms with Gasteiger partial charge in [0, 0.05) is 44.5 Å². The Morgan fingerprint density at radius 2 is 1.88 bits per heavy atom. The number of piperazine rings is 1. The number of hydrogen-bond donors (Lipinski definition) is 1. The van der Waals surface area contributed by atoms with Gasteiger partial charge < -0.3 is 14.7 Å². The molecule has 0 radical (unpaired) electrons. The van der Waals surface area contributed by atoms with Gasteiger partial charge >= 0.3 is 5.97 Å². The number of carboxylic acids is 1. The van der Waals surface area contributed by atoms with Gasteiger partial charge in [-0.1, -0.05) is 0 Å². The maximum Gasteiger partial charge on any atom is 0.325 e. The van der Waals surface area contributed by atoms with Crippen molar-refractivity contribution in [3.05, 3.63) is 23.9 Å². The third kappa shape index (κ3) is 4.29. The number of methoxy groups -OCH3 is 1. The zero-order valence-corrected chi connectivity index (χ0v) is 15.1. The highest BCUT2D eigenvalue weighted by Gasteiger charge is 2.33. The van der Waals surface area contributed by atoms with Gasteiger partial charge in [0.15, 0.2) is 0 Å². The third-order valence-electron chi connectivity index (χ3n) is 5.44. The smallest absolute Gasteiger partial charge is 0.325 e. The molecule has 7 heteroatoms. The number of nitrogens with zero attached hydrogens (tertiary/aromatic N) is 4. The van der Waals surface area contributed by atoms with Crippen LogP contribution in [0.3, 0.4) is 0 Å². The summed E-state index contributed by atoms with van der Waals surface area (Å²) in [5.74, 6) is -0.320. The number of ether oxygens (including phenoxy) is 1.